The third-order valence-electron chi connectivity index (χ3n) is 3.76. The molecule has 0 aliphatic rings. The summed E-state index contributed by atoms with van der Waals surface area (Å²) >= 11 is 0. The molecule has 0 aliphatic heterocycles. The van der Waals surface area contributed by atoms with Crippen molar-refractivity contribution in [1.29, 1.82) is 0 Å². The summed E-state index contributed by atoms with van der Waals surface area (Å²) in [6.07, 6.45) is 0. The first-order valence-corrected chi connectivity index (χ1v) is 6.51. The summed E-state index contributed by atoms with van der Waals surface area (Å²) in [5.74, 6) is 0.865. The van der Waals surface area contributed by atoms with Gasteiger partial charge in [-0.2, -0.15) is 0 Å². The van der Waals surface area contributed by atoms with E-state index in [0.29, 0.717) is 0 Å². The van der Waals surface area contributed by atoms with Gasteiger partial charge in [-0.1, -0.05) is 12.1 Å². The number of nitrogens with two attached hydrogens (primary N) is 1. The standard InChI is InChI=1S/C16H21N3/c1-10-5-6-14(12(3)11(10)2)9-18-16-8-7-15(17)13(4)19-16/h5-8H,9,17H2,1-4H3,(H,18,19). The molecule has 0 saturated heterocycles. The van der Waals surface area contributed by atoms with E-state index < -0.39 is 0 Å². The van der Waals surface area contributed by atoms with Crippen LogP contribution >= 0.6 is 0 Å². The van der Waals surface area contributed by atoms with Crippen LogP contribution in [0.25, 0.3) is 0 Å². The second kappa shape index (κ2) is 5.31. The van der Waals surface area contributed by atoms with Crippen molar-refractivity contribution >= 4 is 11.5 Å². The highest BCUT2D eigenvalue weighted by Crippen LogP contribution is 2.19. The second-order valence-corrected chi connectivity index (χ2v) is 5.02. The van der Waals surface area contributed by atoms with Crippen molar-refractivity contribution < 1.29 is 0 Å². The van der Waals surface area contributed by atoms with Crippen LogP contribution in [0.2, 0.25) is 0 Å². The van der Waals surface area contributed by atoms with E-state index in [9.17, 15) is 0 Å². The number of rotatable bonds is 3. The van der Waals surface area contributed by atoms with Crippen LogP contribution in [0.1, 0.15) is 27.9 Å². The SMILES string of the molecule is Cc1ccc(CNc2ccc(N)c(C)n2)c(C)c1C. The van der Waals surface area contributed by atoms with Crippen molar-refractivity contribution in [3.63, 3.8) is 0 Å². The highest BCUT2D eigenvalue weighted by Gasteiger charge is 2.04. The summed E-state index contributed by atoms with van der Waals surface area (Å²) in [7, 11) is 0. The maximum atomic E-state index is 5.77. The van der Waals surface area contributed by atoms with Crippen molar-refractivity contribution in [1.82, 2.24) is 4.98 Å². The van der Waals surface area contributed by atoms with E-state index in [1.165, 1.54) is 22.3 Å². The van der Waals surface area contributed by atoms with Crippen LogP contribution in [-0.2, 0) is 6.54 Å². The molecule has 0 saturated carbocycles. The van der Waals surface area contributed by atoms with Gasteiger partial charge in [0.25, 0.3) is 0 Å². The van der Waals surface area contributed by atoms with E-state index >= 15 is 0 Å². The molecule has 2 rings (SSSR count). The van der Waals surface area contributed by atoms with Crippen LogP contribution in [0.3, 0.4) is 0 Å². The van der Waals surface area contributed by atoms with Crippen molar-refractivity contribution in [2.75, 3.05) is 11.1 Å². The predicted octanol–water partition coefficient (Wildman–Crippen LogP) is 3.51. The number of pyridine rings is 1. The average Bonchev–Trinajstić information content (AvgIpc) is 2.39. The third kappa shape index (κ3) is 2.87. The molecule has 0 bridgehead atoms. The molecule has 1 aromatic heterocycles. The number of aromatic nitrogens is 1. The van der Waals surface area contributed by atoms with Crippen LogP contribution in [0.15, 0.2) is 24.3 Å². The number of hydrogen-bond donors (Lipinski definition) is 2. The minimum atomic E-state index is 0.730. The molecule has 1 heterocycles. The van der Waals surface area contributed by atoms with Gasteiger partial charge in [-0.3, -0.25) is 0 Å². The van der Waals surface area contributed by atoms with Crippen molar-refractivity contribution in [2.45, 2.75) is 34.2 Å². The summed E-state index contributed by atoms with van der Waals surface area (Å²) in [4.78, 5) is 4.42. The van der Waals surface area contributed by atoms with E-state index in [4.69, 9.17) is 5.73 Å². The van der Waals surface area contributed by atoms with Gasteiger partial charge in [0.05, 0.1) is 11.4 Å². The topological polar surface area (TPSA) is 50.9 Å². The first kappa shape index (κ1) is 13.4. The summed E-state index contributed by atoms with van der Waals surface area (Å²) in [5, 5.41) is 3.35. The Labute approximate surface area is 114 Å². The Morgan fingerprint density at radius 3 is 2.42 bits per heavy atom. The van der Waals surface area contributed by atoms with Gasteiger partial charge in [0.1, 0.15) is 5.82 Å². The van der Waals surface area contributed by atoms with Gasteiger partial charge < -0.3 is 11.1 Å². The van der Waals surface area contributed by atoms with Crippen molar-refractivity contribution in [2.24, 2.45) is 0 Å². The summed E-state index contributed by atoms with van der Waals surface area (Å²) in [6.45, 7) is 9.18. The van der Waals surface area contributed by atoms with E-state index in [-0.39, 0.29) is 0 Å². The lowest BCUT2D eigenvalue weighted by molar-refractivity contribution is 1.06. The van der Waals surface area contributed by atoms with Crippen LogP contribution in [0, 0.1) is 27.7 Å². The number of nitrogens with one attached hydrogen (secondary N) is 1. The van der Waals surface area contributed by atoms with Crippen LogP contribution in [0.5, 0.6) is 0 Å². The molecular weight excluding hydrogens is 234 g/mol. The Morgan fingerprint density at radius 1 is 1.00 bits per heavy atom. The lowest BCUT2D eigenvalue weighted by atomic mass is 9.99. The molecule has 0 atom stereocenters. The van der Waals surface area contributed by atoms with E-state index in [0.717, 1.165) is 23.7 Å². The van der Waals surface area contributed by atoms with Crippen LogP contribution in [0.4, 0.5) is 11.5 Å². The maximum absolute atomic E-state index is 5.77. The first-order valence-electron chi connectivity index (χ1n) is 6.51. The third-order valence-corrected chi connectivity index (χ3v) is 3.76. The monoisotopic (exact) mass is 255 g/mol. The van der Waals surface area contributed by atoms with Gasteiger partial charge in [-0.15, -0.1) is 0 Å². The molecule has 0 spiro atoms. The lowest BCUT2D eigenvalue weighted by Crippen LogP contribution is -2.05. The number of hydrogen-bond acceptors (Lipinski definition) is 3. The van der Waals surface area contributed by atoms with Gasteiger partial charge in [0.2, 0.25) is 0 Å². The molecular formula is C16H21N3. The Kier molecular flexibility index (Phi) is 3.74. The normalized spacial score (nSPS) is 10.5. The Hall–Kier alpha value is -2.03. The zero-order valence-electron chi connectivity index (χ0n) is 12.0. The molecule has 0 fully saturated rings. The van der Waals surface area contributed by atoms with Crippen LogP contribution in [-0.4, -0.2) is 4.98 Å². The predicted molar refractivity (Wildman–Crippen MR) is 81.4 cm³/mol. The largest absolute Gasteiger partial charge is 0.397 e. The average molecular weight is 255 g/mol. The zero-order valence-corrected chi connectivity index (χ0v) is 12.0. The molecule has 1 aromatic carbocycles. The number of nitrogen functional groups attached to an aromatic ring is 1. The zero-order chi connectivity index (χ0) is 14.0. The van der Waals surface area contributed by atoms with Gasteiger partial charge in [-0.05, 0) is 62.1 Å². The molecule has 3 nitrogen and oxygen atoms in total. The van der Waals surface area contributed by atoms with Crippen LogP contribution < -0.4 is 11.1 Å². The molecule has 0 radical (unpaired) electrons. The number of benzene rings is 1. The highest BCUT2D eigenvalue weighted by atomic mass is 15.0. The molecule has 0 amide bonds. The van der Waals surface area contributed by atoms with Gasteiger partial charge >= 0.3 is 0 Å². The minimum Gasteiger partial charge on any atom is -0.397 e. The maximum Gasteiger partial charge on any atom is 0.126 e. The molecule has 0 unspecified atom stereocenters. The molecule has 19 heavy (non-hydrogen) atoms. The fraction of sp³-hybridized carbons (Fsp3) is 0.312. The van der Waals surface area contributed by atoms with E-state index in [1.54, 1.807) is 0 Å². The Bertz CT molecular complexity index is 603. The fourth-order valence-corrected chi connectivity index (χ4v) is 2.06. The summed E-state index contributed by atoms with van der Waals surface area (Å²) < 4.78 is 0. The van der Waals surface area contributed by atoms with E-state index in [2.05, 4.69) is 43.2 Å². The number of aryl methyl sites for hydroxylation is 2. The summed E-state index contributed by atoms with van der Waals surface area (Å²) in [5.41, 5.74) is 12.7. The molecule has 2 aromatic rings. The Balaban J connectivity index is 2.14. The van der Waals surface area contributed by atoms with Gasteiger partial charge in [0.15, 0.2) is 0 Å². The first-order chi connectivity index (χ1) is 8.99. The molecule has 3 heteroatoms. The number of anilines is 2. The number of nitrogens with zero attached hydrogens (tertiary/aromatic N) is 1. The van der Waals surface area contributed by atoms with Gasteiger partial charge in [0, 0.05) is 6.54 Å². The van der Waals surface area contributed by atoms with Gasteiger partial charge in [-0.25, -0.2) is 4.98 Å². The van der Waals surface area contributed by atoms with E-state index in [1.807, 2.05) is 19.1 Å². The minimum absolute atomic E-state index is 0.730. The molecule has 3 N–H and O–H groups in total. The fourth-order valence-electron chi connectivity index (χ4n) is 2.06. The van der Waals surface area contributed by atoms with Crippen molar-refractivity contribution in [3.05, 3.63) is 52.2 Å². The quantitative estimate of drug-likeness (QED) is 0.882. The smallest absolute Gasteiger partial charge is 0.126 e. The highest BCUT2D eigenvalue weighted by molar-refractivity contribution is 5.49. The Morgan fingerprint density at radius 2 is 1.74 bits per heavy atom. The molecule has 0 aliphatic carbocycles. The lowest BCUT2D eigenvalue weighted by Gasteiger charge is -2.13. The summed E-state index contributed by atoms with van der Waals surface area (Å²) in [6, 6.07) is 8.15. The second-order valence-electron chi connectivity index (χ2n) is 5.02. The molecule has 100 valence electrons. The van der Waals surface area contributed by atoms with Crippen molar-refractivity contribution in [3.8, 4) is 0 Å².